The van der Waals surface area contributed by atoms with Gasteiger partial charge >= 0.3 is 6.09 Å². The van der Waals surface area contributed by atoms with Gasteiger partial charge in [0, 0.05) is 46.8 Å². The molecule has 0 aliphatic carbocycles. The van der Waals surface area contributed by atoms with Gasteiger partial charge in [0.25, 0.3) is 0 Å². The molecule has 8 heteroatoms. The lowest BCUT2D eigenvalue weighted by atomic mass is 10.3. The third-order valence-corrected chi connectivity index (χ3v) is 3.52. The second-order valence-electron chi connectivity index (χ2n) is 5.91. The summed E-state index contributed by atoms with van der Waals surface area (Å²) < 4.78 is 5.02. The molecule has 0 atom stereocenters. The van der Waals surface area contributed by atoms with E-state index in [1.54, 1.807) is 25.9 Å². The fourth-order valence-electron chi connectivity index (χ4n) is 2.10. The lowest BCUT2D eigenvalue weighted by Crippen LogP contribution is -2.54. The number of piperazine rings is 1. The van der Waals surface area contributed by atoms with Crippen LogP contribution in [0, 0.1) is 0 Å². The van der Waals surface area contributed by atoms with E-state index in [9.17, 15) is 9.59 Å². The average molecular weight is 339 g/mol. The highest BCUT2D eigenvalue weighted by Gasteiger charge is 2.24. The molecule has 8 nitrogen and oxygen atoms in total. The van der Waals surface area contributed by atoms with E-state index in [2.05, 4.69) is 16.9 Å². The number of aliphatic imine (C=N–C) groups is 1. The molecule has 1 fully saturated rings. The van der Waals surface area contributed by atoms with Crippen LogP contribution < -0.4 is 5.32 Å². The maximum absolute atomic E-state index is 11.8. The Labute approximate surface area is 144 Å². The van der Waals surface area contributed by atoms with Crippen molar-refractivity contribution >= 4 is 18.0 Å². The Morgan fingerprint density at radius 1 is 1.21 bits per heavy atom. The van der Waals surface area contributed by atoms with E-state index in [0.29, 0.717) is 45.3 Å². The van der Waals surface area contributed by atoms with E-state index < -0.39 is 0 Å². The quantitative estimate of drug-likeness (QED) is 0.445. The first-order valence-corrected chi connectivity index (χ1v) is 8.14. The molecule has 0 radical (unpaired) electrons. The predicted octanol–water partition coefficient (Wildman–Crippen LogP) is 0.370. The van der Waals surface area contributed by atoms with Crippen LogP contribution in [0.15, 0.2) is 17.1 Å². The second kappa shape index (κ2) is 9.79. The topological polar surface area (TPSA) is 77.5 Å². The summed E-state index contributed by atoms with van der Waals surface area (Å²) in [6.45, 7) is 11.0. The summed E-state index contributed by atoms with van der Waals surface area (Å²) >= 11 is 0. The molecule has 1 N–H and O–H groups in total. The Hall–Kier alpha value is -2.25. The molecule has 1 saturated heterocycles. The third-order valence-electron chi connectivity index (χ3n) is 3.52. The van der Waals surface area contributed by atoms with Gasteiger partial charge in [-0.15, -0.1) is 0 Å². The van der Waals surface area contributed by atoms with Gasteiger partial charge in [0.1, 0.15) is 6.54 Å². The minimum atomic E-state index is -0.284. The van der Waals surface area contributed by atoms with Crippen LogP contribution in [0.25, 0.3) is 0 Å². The van der Waals surface area contributed by atoms with Crippen molar-refractivity contribution in [2.45, 2.75) is 13.8 Å². The van der Waals surface area contributed by atoms with Gasteiger partial charge in [0.05, 0.1) is 6.61 Å². The van der Waals surface area contributed by atoms with E-state index in [-0.39, 0.29) is 18.5 Å². The van der Waals surface area contributed by atoms with E-state index in [1.165, 1.54) is 4.90 Å². The predicted molar refractivity (Wildman–Crippen MR) is 94.0 cm³/mol. The lowest BCUT2D eigenvalue weighted by Gasteiger charge is -2.36. The van der Waals surface area contributed by atoms with Crippen molar-refractivity contribution in [3.8, 4) is 0 Å². The number of likely N-dealkylation sites (N-methyl/N-ethyl adjacent to an activating group) is 1. The van der Waals surface area contributed by atoms with Crippen LogP contribution in [0.2, 0.25) is 0 Å². The highest BCUT2D eigenvalue weighted by Crippen LogP contribution is 2.05. The first kappa shape index (κ1) is 19.8. The second-order valence-corrected chi connectivity index (χ2v) is 5.91. The standard InChI is InChI=1S/C16H29N5O3/c1-6-24-16(23)21-9-7-20(8-10-21)15(17-11-13(2)3)18-12-14(22)19(4)5/h2,6-12H2,1,3-5H3,(H,17,18). The number of amides is 2. The van der Waals surface area contributed by atoms with Crippen molar-refractivity contribution in [1.29, 1.82) is 0 Å². The number of nitrogens with zero attached hydrogens (tertiary/aromatic N) is 4. The van der Waals surface area contributed by atoms with Crippen LogP contribution in [0.4, 0.5) is 4.79 Å². The number of carbonyl (C=O) groups is 2. The van der Waals surface area contributed by atoms with Crippen LogP contribution in [-0.2, 0) is 9.53 Å². The van der Waals surface area contributed by atoms with Crippen LogP contribution >= 0.6 is 0 Å². The molecule has 136 valence electrons. The zero-order valence-corrected chi connectivity index (χ0v) is 15.2. The summed E-state index contributed by atoms with van der Waals surface area (Å²) in [4.78, 5) is 33.2. The third kappa shape index (κ3) is 6.47. The molecular weight excluding hydrogens is 310 g/mol. The maximum atomic E-state index is 11.8. The molecule has 1 heterocycles. The zero-order chi connectivity index (χ0) is 18.1. The average Bonchev–Trinajstić information content (AvgIpc) is 2.54. The Kier molecular flexibility index (Phi) is 8.08. The lowest BCUT2D eigenvalue weighted by molar-refractivity contribution is -0.127. The Bertz CT molecular complexity index is 482. The molecule has 0 aromatic carbocycles. The minimum absolute atomic E-state index is 0.0604. The molecule has 24 heavy (non-hydrogen) atoms. The van der Waals surface area contributed by atoms with Crippen LogP contribution in [0.1, 0.15) is 13.8 Å². The number of guanidine groups is 1. The molecule has 0 unspecified atom stereocenters. The van der Waals surface area contributed by atoms with Gasteiger partial charge < -0.3 is 24.8 Å². The number of carbonyl (C=O) groups excluding carboxylic acids is 2. The van der Waals surface area contributed by atoms with Crippen molar-refractivity contribution in [2.24, 2.45) is 4.99 Å². The summed E-state index contributed by atoms with van der Waals surface area (Å²) in [5.41, 5.74) is 0.979. The Morgan fingerprint density at radius 3 is 2.29 bits per heavy atom. The minimum Gasteiger partial charge on any atom is -0.450 e. The highest BCUT2D eigenvalue weighted by molar-refractivity contribution is 5.85. The van der Waals surface area contributed by atoms with Crippen molar-refractivity contribution in [3.63, 3.8) is 0 Å². The van der Waals surface area contributed by atoms with E-state index >= 15 is 0 Å². The van der Waals surface area contributed by atoms with Gasteiger partial charge in [0.15, 0.2) is 5.96 Å². The van der Waals surface area contributed by atoms with E-state index in [4.69, 9.17) is 4.74 Å². The number of nitrogens with one attached hydrogen (secondary N) is 1. The summed E-state index contributed by atoms with van der Waals surface area (Å²) in [5, 5.41) is 3.22. The number of hydrogen-bond acceptors (Lipinski definition) is 4. The van der Waals surface area contributed by atoms with Gasteiger partial charge in [-0.05, 0) is 13.8 Å². The monoisotopic (exact) mass is 339 g/mol. The first-order chi connectivity index (χ1) is 11.3. The fourth-order valence-corrected chi connectivity index (χ4v) is 2.10. The largest absolute Gasteiger partial charge is 0.450 e. The van der Waals surface area contributed by atoms with Gasteiger partial charge in [-0.3, -0.25) is 4.79 Å². The van der Waals surface area contributed by atoms with Crippen LogP contribution in [0.3, 0.4) is 0 Å². The molecule has 0 spiro atoms. The van der Waals surface area contributed by atoms with Gasteiger partial charge in [-0.1, -0.05) is 12.2 Å². The van der Waals surface area contributed by atoms with Crippen LogP contribution in [-0.4, -0.2) is 92.6 Å². The molecule has 0 aromatic rings. The summed E-state index contributed by atoms with van der Waals surface area (Å²) in [6, 6.07) is 0. The molecule has 1 rings (SSSR count). The van der Waals surface area contributed by atoms with Gasteiger partial charge in [-0.2, -0.15) is 0 Å². The number of hydrogen-bond donors (Lipinski definition) is 1. The summed E-state index contributed by atoms with van der Waals surface area (Å²) in [5.74, 6) is 0.603. The van der Waals surface area contributed by atoms with Crippen molar-refractivity contribution in [3.05, 3.63) is 12.2 Å². The molecule has 1 aliphatic rings. The van der Waals surface area contributed by atoms with Crippen molar-refractivity contribution in [1.82, 2.24) is 20.0 Å². The fraction of sp³-hybridized carbons (Fsp3) is 0.688. The first-order valence-electron chi connectivity index (χ1n) is 8.14. The smallest absolute Gasteiger partial charge is 0.409 e. The molecule has 0 aromatic heterocycles. The van der Waals surface area contributed by atoms with Gasteiger partial charge in [0.2, 0.25) is 5.91 Å². The number of rotatable bonds is 5. The molecule has 0 bridgehead atoms. The Balaban J connectivity index is 2.67. The van der Waals surface area contributed by atoms with E-state index in [0.717, 1.165) is 5.57 Å². The summed E-state index contributed by atoms with van der Waals surface area (Å²) in [7, 11) is 3.41. The van der Waals surface area contributed by atoms with E-state index in [1.807, 2.05) is 11.8 Å². The molecule has 0 saturated carbocycles. The zero-order valence-electron chi connectivity index (χ0n) is 15.2. The Morgan fingerprint density at radius 2 is 1.79 bits per heavy atom. The summed E-state index contributed by atoms with van der Waals surface area (Å²) in [6.07, 6.45) is -0.284. The molecule has 1 aliphatic heterocycles. The number of ether oxygens (including phenoxy) is 1. The normalized spacial score (nSPS) is 15.1. The molecule has 2 amide bonds. The van der Waals surface area contributed by atoms with Gasteiger partial charge in [-0.25, -0.2) is 9.79 Å². The maximum Gasteiger partial charge on any atom is 0.409 e. The van der Waals surface area contributed by atoms with Crippen molar-refractivity contribution in [2.75, 3.05) is 60.0 Å². The van der Waals surface area contributed by atoms with Crippen LogP contribution in [0.5, 0.6) is 0 Å². The SMILES string of the molecule is C=C(C)CNC(=NCC(=O)N(C)C)N1CCN(C(=O)OCC)CC1. The molecular formula is C16H29N5O3. The van der Waals surface area contributed by atoms with Crippen molar-refractivity contribution < 1.29 is 14.3 Å². The highest BCUT2D eigenvalue weighted by atomic mass is 16.6.